The van der Waals surface area contributed by atoms with Gasteiger partial charge in [0.25, 0.3) is 0 Å². The lowest BCUT2D eigenvalue weighted by Crippen LogP contribution is -2.61. The van der Waals surface area contributed by atoms with Gasteiger partial charge in [-0.1, -0.05) is 18.2 Å². The van der Waals surface area contributed by atoms with Crippen molar-refractivity contribution in [3.05, 3.63) is 53.9 Å². The summed E-state index contributed by atoms with van der Waals surface area (Å²) in [5, 5.41) is 3.58. The van der Waals surface area contributed by atoms with Crippen LogP contribution in [0.25, 0.3) is 5.69 Å². The molecule has 0 unspecified atom stereocenters. The predicted octanol–water partition coefficient (Wildman–Crippen LogP) is 5.03. The second kappa shape index (κ2) is 5.88. The molecule has 0 spiro atoms. The fourth-order valence-electron chi connectivity index (χ4n) is 7.12. The van der Waals surface area contributed by atoms with E-state index in [0.717, 1.165) is 17.8 Å². The van der Waals surface area contributed by atoms with E-state index in [2.05, 4.69) is 64.3 Å². The molecule has 2 amide bonds. The summed E-state index contributed by atoms with van der Waals surface area (Å²) in [5.74, 6) is 2.52. The van der Waals surface area contributed by atoms with Gasteiger partial charge < -0.3 is 14.8 Å². The van der Waals surface area contributed by atoms with E-state index in [9.17, 15) is 4.79 Å². The molecule has 4 aliphatic carbocycles. The first-order valence-electron chi connectivity index (χ1n) is 10.9. The van der Waals surface area contributed by atoms with Gasteiger partial charge in [-0.25, -0.2) is 4.79 Å². The quantitative estimate of drug-likeness (QED) is 0.745. The number of para-hydroxylation sites is 1. The Hall–Kier alpha value is -2.23. The molecule has 1 atom stereocenters. The number of hydrogen-bond acceptors (Lipinski definition) is 1. The summed E-state index contributed by atoms with van der Waals surface area (Å²) in [7, 11) is 0. The van der Waals surface area contributed by atoms with Crippen LogP contribution >= 0.6 is 0 Å². The first-order chi connectivity index (χ1) is 13.6. The molecule has 1 N–H and O–H groups in total. The number of urea groups is 1. The van der Waals surface area contributed by atoms with Crippen LogP contribution in [-0.2, 0) is 6.54 Å². The summed E-state index contributed by atoms with van der Waals surface area (Å²) in [5.41, 5.74) is 3.65. The minimum absolute atomic E-state index is 0.0521. The lowest BCUT2D eigenvalue weighted by Gasteiger charge is -2.57. The normalized spacial score (nSPS) is 35.2. The number of hydrogen-bond donors (Lipinski definition) is 1. The van der Waals surface area contributed by atoms with Gasteiger partial charge in [0.15, 0.2) is 0 Å². The molecule has 4 bridgehead atoms. The lowest BCUT2D eigenvalue weighted by molar-refractivity contribution is -0.0165. The second-order valence-electron chi connectivity index (χ2n) is 9.86. The molecule has 146 valence electrons. The van der Waals surface area contributed by atoms with Crippen LogP contribution in [0.3, 0.4) is 0 Å². The molecule has 7 rings (SSSR count). The van der Waals surface area contributed by atoms with E-state index in [-0.39, 0.29) is 17.6 Å². The first-order valence-corrected chi connectivity index (χ1v) is 10.9. The summed E-state index contributed by atoms with van der Waals surface area (Å²) in [6.07, 6.45) is 9.90. The molecule has 4 nitrogen and oxygen atoms in total. The van der Waals surface area contributed by atoms with Crippen LogP contribution in [0.5, 0.6) is 0 Å². The number of carbonyl (C=O) groups excluding carboxylic acids is 1. The smallest absolute Gasteiger partial charge is 0.318 e. The molecular formula is C24H29N3O. The Kier molecular flexibility index (Phi) is 3.51. The lowest BCUT2D eigenvalue weighted by atomic mass is 9.53. The molecule has 0 radical (unpaired) electrons. The molecule has 1 aliphatic heterocycles. The van der Waals surface area contributed by atoms with Crippen molar-refractivity contribution in [3.63, 3.8) is 0 Å². The van der Waals surface area contributed by atoms with Crippen molar-refractivity contribution in [1.29, 1.82) is 0 Å². The maximum atomic E-state index is 13.6. The Morgan fingerprint density at radius 2 is 1.68 bits per heavy atom. The van der Waals surface area contributed by atoms with Crippen LogP contribution in [0.2, 0.25) is 0 Å². The SMILES string of the molecule is C[C@@H]1c2cccn2-c2ccccc2CN1C(=O)NC12CC3CC(CC(C3)C1)C2. The van der Waals surface area contributed by atoms with Gasteiger partial charge in [0, 0.05) is 17.4 Å². The van der Waals surface area contributed by atoms with E-state index >= 15 is 0 Å². The van der Waals surface area contributed by atoms with Gasteiger partial charge in [0.2, 0.25) is 0 Å². The minimum Gasteiger partial charge on any atom is -0.332 e. The largest absolute Gasteiger partial charge is 0.332 e. The average molecular weight is 376 g/mol. The molecule has 28 heavy (non-hydrogen) atoms. The first kappa shape index (κ1) is 16.7. The van der Waals surface area contributed by atoms with Crippen molar-refractivity contribution in [2.24, 2.45) is 17.8 Å². The van der Waals surface area contributed by atoms with Gasteiger partial charge in [-0.2, -0.15) is 0 Å². The van der Waals surface area contributed by atoms with Crippen molar-refractivity contribution in [3.8, 4) is 5.69 Å². The molecule has 5 aliphatic rings. The topological polar surface area (TPSA) is 37.3 Å². The molecule has 4 heteroatoms. The average Bonchev–Trinajstić information content (AvgIpc) is 3.10. The highest BCUT2D eigenvalue weighted by atomic mass is 16.2. The van der Waals surface area contributed by atoms with Crippen LogP contribution in [-0.4, -0.2) is 21.0 Å². The van der Waals surface area contributed by atoms with E-state index in [4.69, 9.17) is 0 Å². The van der Waals surface area contributed by atoms with E-state index in [1.807, 2.05) is 0 Å². The van der Waals surface area contributed by atoms with Crippen molar-refractivity contribution in [2.75, 3.05) is 0 Å². The molecule has 4 fully saturated rings. The number of carbonyl (C=O) groups is 1. The molecule has 1 aromatic carbocycles. The van der Waals surface area contributed by atoms with E-state index in [0.29, 0.717) is 6.54 Å². The van der Waals surface area contributed by atoms with Crippen molar-refractivity contribution in [1.82, 2.24) is 14.8 Å². The Bertz CT molecular complexity index is 894. The predicted molar refractivity (Wildman–Crippen MR) is 109 cm³/mol. The van der Waals surface area contributed by atoms with Crippen LogP contribution < -0.4 is 5.32 Å². The summed E-state index contributed by atoms with van der Waals surface area (Å²) in [4.78, 5) is 15.6. The van der Waals surface area contributed by atoms with E-state index in [1.165, 1.54) is 55.5 Å². The third-order valence-corrected chi connectivity index (χ3v) is 7.94. The molecule has 2 heterocycles. The van der Waals surface area contributed by atoms with Crippen LogP contribution in [0.1, 0.15) is 62.7 Å². The highest BCUT2D eigenvalue weighted by Crippen LogP contribution is 2.55. The summed E-state index contributed by atoms with van der Waals surface area (Å²) in [6.45, 7) is 2.83. The van der Waals surface area contributed by atoms with E-state index < -0.39 is 0 Å². The van der Waals surface area contributed by atoms with Crippen molar-refractivity contribution < 1.29 is 4.79 Å². The third-order valence-electron chi connectivity index (χ3n) is 7.94. The number of aromatic nitrogens is 1. The Morgan fingerprint density at radius 3 is 2.39 bits per heavy atom. The molecule has 0 saturated heterocycles. The Balaban J connectivity index is 1.32. The van der Waals surface area contributed by atoms with Gasteiger partial charge in [-0.3, -0.25) is 0 Å². The Morgan fingerprint density at radius 1 is 1.00 bits per heavy atom. The minimum atomic E-state index is 0.0521. The summed E-state index contributed by atoms with van der Waals surface area (Å²) >= 11 is 0. The maximum Gasteiger partial charge on any atom is 0.318 e. The van der Waals surface area contributed by atoms with Crippen molar-refractivity contribution >= 4 is 6.03 Å². The number of nitrogens with zero attached hydrogens (tertiary/aromatic N) is 2. The molecule has 2 aromatic rings. The fraction of sp³-hybridized carbons (Fsp3) is 0.542. The number of amides is 2. The highest BCUT2D eigenvalue weighted by Gasteiger charge is 2.52. The number of rotatable bonds is 1. The van der Waals surface area contributed by atoms with Gasteiger partial charge in [0.05, 0.1) is 18.3 Å². The third kappa shape index (κ3) is 2.46. The second-order valence-corrected chi connectivity index (χ2v) is 9.86. The van der Waals surface area contributed by atoms with E-state index in [1.54, 1.807) is 0 Å². The van der Waals surface area contributed by atoms with Gasteiger partial charge in [0.1, 0.15) is 0 Å². The zero-order valence-electron chi connectivity index (χ0n) is 16.6. The number of nitrogens with one attached hydrogen (secondary N) is 1. The fourth-order valence-corrected chi connectivity index (χ4v) is 7.12. The highest BCUT2D eigenvalue weighted by molar-refractivity contribution is 5.76. The molecule has 1 aromatic heterocycles. The molecule has 4 saturated carbocycles. The van der Waals surface area contributed by atoms with Gasteiger partial charge in [-0.05, 0) is 87.0 Å². The monoisotopic (exact) mass is 375 g/mol. The standard InChI is InChI=1S/C24H29N3O/c1-16-21-7-4-8-26(21)22-6-3-2-5-20(22)15-27(16)23(28)25-24-12-17-9-18(13-24)11-19(10-17)14-24/h2-8,16-19H,9-15H2,1H3,(H,25,28)/t16-,17?,18?,19?,24?/m1/s1. The van der Waals surface area contributed by atoms with Crippen molar-refractivity contribution in [2.45, 2.75) is 63.6 Å². The van der Waals surface area contributed by atoms with Gasteiger partial charge in [-0.15, -0.1) is 0 Å². The maximum absolute atomic E-state index is 13.6. The zero-order valence-corrected chi connectivity index (χ0v) is 16.6. The van der Waals surface area contributed by atoms with Gasteiger partial charge >= 0.3 is 6.03 Å². The zero-order chi connectivity index (χ0) is 18.9. The number of benzene rings is 1. The number of fused-ring (bicyclic) bond motifs is 3. The van der Waals surface area contributed by atoms with Crippen LogP contribution in [0, 0.1) is 17.8 Å². The van der Waals surface area contributed by atoms with Crippen LogP contribution in [0.15, 0.2) is 42.6 Å². The Labute approximate surface area is 166 Å². The van der Waals surface area contributed by atoms with Crippen LogP contribution in [0.4, 0.5) is 4.79 Å². The summed E-state index contributed by atoms with van der Waals surface area (Å²) in [6, 6.07) is 12.9. The summed E-state index contributed by atoms with van der Waals surface area (Å²) < 4.78 is 2.25. The molecular weight excluding hydrogens is 346 g/mol.